The van der Waals surface area contributed by atoms with Crippen molar-refractivity contribution in [1.29, 1.82) is 0 Å². The molecule has 1 aromatic carbocycles. The Bertz CT molecular complexity index is 676. The molecule has 0 spiro atoms. The maximum atomic E-state index is 12.1. The van der Waals surface area contributed by atoms with Gasteiger partial charge in [0.15, 0.2) is 6.10 Å². The summed E-state index contributed by atoms with van der Waals surface area (Å²) in [5.74, 6) is -1.22. The van der Waals surface area contributed by atoms with Crippen LogP contribution in [-0.4, -0.2) is 41.3 Å². The summed E-state index contributed by atoms with van der Waals surface area (Å²) in [6.07, 6.45) is -1.34. The number of H-pyrrole nitrogens is 1. The Morgan fingerprint density at radius 2 is 1.86 bits per heavy atom. The summed E-state index contributed by atoms with van der Waals surface area (Å²) in [6.45, 7) is 3.82. The average Bonchev–Trinajstić information content (AvgIpc) is 2.87. The van der Waals surface area contributed by atoms with E-state index in [1.165, 1.54) is 0 Å². The normalized spacial score (nSPS) is 12.1. The molecule has 0 radical (unpaired) electrons. The monoisotopic (exact) mass is 305 g/mol. The Kier molecular flexibility index (Phi) is 5.16. The lowest BCUT2D eigenvalue weighted by Gasteiger charge is -2.10. The SMILES string of the molecule is CCOC(=O)c1[nH]c2ccccc2c1CC(O)C(=O)OCC. The van der Waals surface area contributed by atoms with Crippen LogP contribution in [-0.2, 0) is 20.7 Å². The lowest BCUT2D eigenvalue weighted by atomic mass is 10.0. The maximum Gasteiger partial charge on any atom is 0.355 e. The number of carbonyl (C=O) groups excluding carboxylic acids is 2. The minimum atomic E-state index is -1.33. The summed E-state index contributed by atoms with van der Waals surface area (Å²) < 4.78 is 9.82. The van der Waals surface area contributed by atoms with Crippen LogP contribution in [0.2, 0.25) is 0 Å². The molecule has 118 valence electrons. The minimum Gasteiger partial charge on any atom is -0.464 e. The van der Waals surface area contributed by atoms with Gasteiger partial charge in [-0.2, -0.15) is 0 Å². The molecule has 0 bridgehead atoms. The van der Waals surface area contributed by atoms with Gasteiger partial charge in [0.05, 0.1) is 13.2 Å². The molecule has 2 N–H and O–H groups in total. The Morgan fingerprint density at radius 3 is 2.55 bits per heavy atom. The number of hydrogen-bond donors (Lipinski definition) is 2. The second-order valence-corrected chi connectivity index (χ2v) is 4.72. The number of benzene rings is 1. The first-order chi connectivity index (χ1) is 10.6. The molecule has 0 amide bonds. The molecule has 6 nitrogen and oxygen atoms in total. The van der Waals surface area contributed by atoms with E-state index in [0.29, 0.717) is 5.56 Å². The number of esters is 2. The van der Waals surface area contributed by atoms with Crippen LogP contribution >= 0.6 is 0 Å². The van der Waals surface area contributed by atoms with Gasteiger partial charge in [-0.05, 0) is 25.5 Å². The second-order valence-electron chi connectivity index (χ2n) is 4.72. The lowest BCUT2D eigenvalue weighted by molar-refractivity contribution is -0.152. The van der Waals surface area contributed by atoms with E-state index in [1.807, 2.05) is 24.3 Å². The van der Waals surface area contributed by atoms with Crippen LogP contribution in [0.5, 0.6) is 0 Å². The number of aliphatic hydroxyl groups excluding tert-OH is 1. The van der Waals surface area contributed by atoms with Gasteiger partial charge in [0.25, 0.3) is 0 Å². The first kappa shape index (κ1) is 16.0. The van der Waals surface area contributed by atoms with Gasteiger partial charge >= 0.3 is 11.9 Å². The maximum absolute atomic E-state index is 12.1. The molecule has 1 unspecified atom stereocenters. The molecule has 22 heavy (non-hydrogen) atoms. The van der Waals surface area contributed by atoms with Crippen LogP contribution in [0.4, 0.5) is 0 Å². The van der Waals surface area contributed by atoms with Crippen LogP contribution in [0.1, 0.15) is 29.9 Å². The zero-order valence-electron chi connectivity index (χ0n) is 12.6. The van der Waals surface area contributed by atoms with Crippen LogP contribution in [0.15, 0.2) is 24.3 Å². The highest BCUT2D eigenvalue weighted by Crippen LogP contribution is 2.24. The Balaban J connectivity index is 2.39. The number of carbonyl (C=O) groups is 2. The molecule has 0 saturated carbocycles. The zero-order chi connectivity index (χ0) is 16.1. The number of aromatic nitrogens is 1. The summed E-state index contributed by atoms with van der Waals surface area (Å²) in [5, 5.41) is 10.7. The number of aliphatic hydroxyl groups is 1. The first-order valence-corrected chi connectivity index (χ1v) is 7.19. The van der Waals surface area contributed by atoms with Crippen molar-refractivity contribution in [1.82, 2.24) is 4.98 Å². The third-order valence-electron chi connectivity index (χ3n) is 3.25. The van der Waals surface area contributed by atoms with E-state index in [4.69, 9.17) is 9.47 Å². The molecule has 0 fully saturated rings. The van der Waals surface area contributed by atoms with Gasteiger partial charge in [0.2, 0.25) is 0 Å². The molecule has 2 rings (SSSR count). The molecule has 0 aliphatic carbocycles. The van der Waals surface area contributed by atoms with Gasteiger partial charge in [-0.3, -0.25) is 0 Å². The standard InChI is InChI=1S/C16H19NO5/c1-3-21-15(19)13(18)9-11-10-7-5-6-8-12(10)17-14(11)16(20)22-4-2/h5-8,13,17-18H,3-4,9H2,1-2H3. The van der Waals surface area contributed by atoms with Crippen molar-refractivity contribution in [2.75, 3.05) is 13.2 Å². The lowest BCUT2D eigenvalue weighted by Crippen LogP contribution is -2.26. The van der Waals surface area contributed by atoms with E-state index in [2.05, 4.69) is 4.98 Å². The topological polar surface area (TPSA) is 88.6 Å². The van der Waals surface area contributed by atoms with Gasteiger partial charge in [-0.15, -0.1) is 0 Å². The van der Waals surface area contributed by atoms with E-state index in [1.54, 1.807) is 13.8 Å². The number of fused-ring (bicyclic) bond motifs is 1. The molecule has 0 saturated heterocycles. The molecule has 1 heterocycles. The average molecular weight is 305 g/mol. The molecule has 1 aromatic heterocycles. The number of hydrogen-bond acceptors (Lipinski definition) is 5. The molecule has 1 atom stereocenters. The number of para-hydroxylation sites is 1. The Hall–Kier alpha value is -2.34. The van der Waals surface area contributed by atoms with Crippen LogP contribution in [0, 0.1) is 0 Å². The van der Waals surface area contributed by atoms with Crippen molar-refractivity contribution < 1.29 is 24.2 Å². The van der Waals surface area contributed by atoms with Gasteiger partial charge in [0, 0.05) is 17.3 Å². The Morgan fingerprint density at radius 1 is 1.18 bits per heavy atom. The smallest absolute Gasteiger partial charge is 0.355 e. The molecule has 2 aromatic rings. The van der Waals surface area contributed by atoms with Crippen molar-refractivity contribution >= 4 is 22.8 Å². The molecular weight excluding hydrogens is 286 g/mol. The van der Waals surface area contributed by atoms with Crippen molar-refractivity contribution in [3.05, 3.63) is 35.5 Å². The fourth-order valence-electron chi connectivity index (χ4n) is 2.30. The van der Waals surface area contributed by atoms with Crippen molar-refractivity contribution in [2.45, 2.75) is 26.4 Å². The highest BCUT2D eigenvalue weighted by Gasteiger charge is 2.24. The molecule has 0 aliphatic heterocycles. The predicted molar refractivity (Wildman–Crippen MR) is 80.6 cm³/mol. The fraction of sp³-hybridized carbons (Fsp3) is 0.375. The quantitative estimate of drug-likeness (QED) is 0.795. The summed E-state index contributed by atoms with van der Waals surface area (Å²) in [6, 6.07) is 7.30. The summed E-state index contributed by atoms with van der Waals surface area (Å²) >= 11 is 0. The van der Waals surface area contributed by atoms with E-state index >= 15 is 0 Å². The van der Waals surface area contributed by atoms with Crippen molar-refractivity contribution in [2.24, 2.45) is 0 Å². The zero-order valence-corrected chi connectivity index (χ0v) is 12.6. The molecular formula is C16H19NO5. The summed E-state index contributed by atoms with van der Waals surface area (Å²) in [7, 11) is 0. The third-order valence-corrected chi connectivity index (χ3v) is 3.25. The number of aromatic amines is 1. The highest BCUT2D eigenvalue weighted by atomic mass is 16.5. The second kappa shape index (κ2) is 7.09. The predicted octanol–water partition coefficient (Wildman–Crippen LogP) is 1.81. The Labute approximate surface area is 128 Å². The van der Waals surface area contributed by atoms with Crippen LogP contribution < -0.4 is 0 Å². The third kappa shape index (κ3) is 3.28. The van der Waals surface area contributed by atoms with E-state index in [9.17, 15) is 14.7 Å². The van der Waals surface area contributed by atoms with Gasteiger partial charge in [-0.25, -0.2) is 9.59 Å². The number of ether oxygens (including phenoxy) is 2. The van der Waals surface area contributed by atoms with E-state index < -0.39 is 18.0 Å². The van der Waals surface area contributed by atoms with E-state index in [-0.39, 0.29) is 25.3 Å². The van der Waals surface area contributed by atoms with Crippen LogP contribution in [0.25, 0.3) is 10.9 Å². The van der Waals surface area contributed by atoms with Gasteiger partial charge in [0.1, 0.15) is 5.69 Å². The van der Waals surface area contributed by atoms with Gasteiger partial charge < -0.3 is 19.6 Å². The van der Waals surface area contributed by atoms with Gasteiger partial charge in [-0.1, -0.05) is 18.2 Å². The highest BCUT2D eigenvalue weighted by molar-refractivity contribution is 5.98. The molecule has 6 heteroatoms. The summed E-state index contributed by atoms with van der Waals surface area (Å²) in [4.78, 5) is 26.7. The fourth-order valence-corrected chi connectivity index (χ4v) is 2.30. The minimum absolute atomic E-state index is 0.0169. The van der Waals surface area contributed by atoms with Crippen molar-refractivity contribution in [3.63, 3.8) is 0 Å². The van der Waals surface area contributed by atoms with Crippen LogP contribution in [0.3, 0.4) is 0 Å². The number of nitrogens with one attached hydrogen (secondary N) is 1. The largest absolute Gasteiger partial charge is 0.464 e. The van der Waals surface area contributed by atoms with Crippen molar-refractivity contribution in [3.8, 4) is 0 Å². The number of rotatable bonds is 6. The summed E-state index contributed by atoms with van der Waals surface area (Å²) in [5.41, 5.74) is 1.55. The first-order valence-electron chi connectivity index (χ1n) is 7.19. The molecule has 0 aliphatic rings. The van der Waals surface area contributed by atoms with E-state index in [0.717, 1.165) is 10.9 Å².